The third kappa shape index (κ3) is 3.62. The molecule has 1 aromatic heterocycles. The molecule has 146 valence electrons. The van der Waals surface area contributed by atoms with Gasteiger partial charge in [-0.25, -0.2) is 4.99 Å². The summed E-state index contributed by atoms with van der Waals surface area (Å²) in [4.78, 5) is 18.9. The van der Waals surface area contributed by atoms with E-state index in [4.69, 9.17) is 4.99 Å². The molecule has 0 radical (unpaired) electrons. The highest BCUT2D eigenvalue weighted by molar-refractivity contribution is 9.10. The SMILES string of the molecule is O=c1/c(=C/c2ccccc2)sc2n1[C@@H](c1ccccc1)C=C(c1ccc(Br)cc1)N=2. The highest BCUT2D eigenvalue weighted by Crippen LogP contribution is 2.27. The van der Waals surface area contributed by atoms with E-state index in [1.807, 2.05) is 78.9 Å². The number of nitrogens with zero attached hydrogens (tertiary/aromatic N) is 2. The van der Waals surface area contributed by atoms with Gasteiger partial charge in [-0.2, -0.15) is 0 Å². The van der Waals surface area contributed by atoms with E-state index in [1.165, 1.54) is 11.3 Å². The Labute approximate surface area is 186 Å². The molecule has 3 nitrogen and oxygen atoms in total. The Morgan fingerprint density at radius 2 is 1.57 bits per heavy atom. The zero-order chi connectivity index (χ0) is 20.5. The summed E-state index contributed by atoms with van der Waals surface area (Å²) in [6.07, 6.45) is 4.02. The molecular weight excluding hydrogens is 456 g/mol. The van der Waals surface area contributed by atoms with Crippen LogP contribution in [0, 0.1) is 0 Å². The quantitative estimate of drug-likeness (QED) is 0.423. The molecule has 1 atom stereocenters. The third-order valence-electron chi connectivity index (χ3n) is 5.03. The summed E-state index contributed by atoms with van der Waals surface area (Å²) < 4.78 is 3.51. The molecule has 0 aliphatic carbocycles. The lowest BCUT2D eigenvalue weighted by atomic mass is 10.0. The van der Waals surface area contributed by atoms with Gasteiger partial charge in [0, 0.05) is 10.0 Å². The normalized spacial score (nSPS) is 16.0. The lowest BCUT2D eigenvalue weighted by molar-refractivity contribution is 0.644. The Morgan fingerprint density at radius 3 is 2.27 bits per heavy atom. The van der Waals surface area contributed by atoms with Crippen molar-refractivity contribution < 1.29 is 0 Å². The fourth-order valence-corrected chi connectivity index (χ4v) is 4.83. The van der Waals surface area contributed by atoms with Gasteiger partial charge in [0.2, 0.25) is 0 Å². The largest absolute Gasteiger partial charge is 0.272 e. The van der Waals surface area contributed by atoms with Crippen molar-refractivity contribution in [3.8, 4) is 0 Å². The standard InChI is InChI=1S/C25H17BrN2OS/c26-20-13-11-18(12-14-20)21-16-22(19-9-5-2-6-10-19)28-24(29)23(30-25(28)27-21)15-17-7-3-1-4-8-17/h1-16,22H/b23-15-/t22-/m1/s1. The van der Waals surface area contributed by atoms with Gasteiger partial charge in [0.25, 0.3) is 5.56 Å². The number of rotatable bonds is 3. The maximum absolute atomic E-state index is 13.3. The molecule has 5 rings (SSSR count). The zero-order valence-electron chi connectivity index (χ0n) is 15.9. The fourth-order valence-electron chi connectivity index (χ4n) is 3.55. The molecule has 0 spiro atoms. The van der Waals surface area contributed by atoms with E-state index in [2.05, 4.69) is 34.1 Å². The minimum Gasteiger partial charge on any atom is -0.272 e. The second kappa shape index (κ2) is 8.01. The molecular formula is C25H17BrN2OS. The second-order valence-corrected chi connectivity index (χ2v) is 8.93. The number of hydrogen-bond acceptors (Lipinski definition) is 3. The topological polar surface area (TPSA) is 34.4 Å². The lowest BCUT2D eigenvalue weighted by Gasteiger charge is -2.19. The van der Waals surface area contributed by atoms with E-state index in [0.717, 1.165) is 31.7 Å². The molecule has 0 saturated heterocycles. The van der Waals surface area contributed by atoms with Crippen LogP contribution >= 0.6 is 27.3 Å². The smallest absolute Gasteiger partial charge is 0.271 e. The summed E-state index contributed by atoms with van der Waals surface area (Å²) in [5.74, 6) is 0. The molecule has 0 amide bonds. The van der Waals surface area contributed by atoms with Crippen molar-refractivity contribution in [3.63, 3.8) is 0 Å². The number of halogens is 1. The van der Waals surface area contributed by atoms with Crippen molar-refractivity contribution >= 4 is 39.0 Å². The number of hydrogen-bond donors (Lipinski definition) is 0. The van der Waals surface area contributed by atoms with E-state index in [1.54, 1.807) is 4.57 Å². The summed E-state index contributed by atoms with van der Waals surface area (Å²) in [6, 6.07) is 27.9. The molecule has 0 saturated carbocycles. The van der Waals surface area contributed by atoms with Gasteiger partial charge in [0.05, 0.1) is 16.3 Å². The number of aromatic nitrogens is 1. The second-order valence-electron chi connectivity index (χ2n) is 7.01. The number of benzene rings is 3. The minimum absolute atomic E-state index is 0.0115. The fraction of sp³-hybridized carbons (Fsp3) is 0.0400. The zero-order valence-corrected chi connectivity index (χ0v) is 18.3. The Hall–Kier alpha value is -3.02. The minimum atomic E-state index is -0.195. The number of fused-ring (bicyclic) bond motifs is 1. The highest BCUT2D eigenvalue weighted by Gasteiger charge is 2.22. The first-order valence-electron chi connectivity index (χ1n) is 9.58. The molecule has 3 aromatic carbocycles. The van der Waals surface area contributed by atoms with Gasteiger partial charge in [-0.3, -0.25) is 9.36 Å². The number of thiazole rings is 1. The van der Waals surface area contributed by atoms with Gasteiger partial charge in [-0.05, 0) is 35.4 Å². The Balaban J connectivity index is 1.73. The lowest BCUT2D eigenvalue weighted by Crippen LogP contribution is -2.36. The van der Waals surface area contributed by atoms with E-state index in [0.29, 0.717) is 4.53 Å². The molecule has 0 fully saturated rings. The molecule has 2 heterocycles. The van der Waals surface area contributed by atoms with Crippen LogP contribution in [0.25, 0.3) is 11.8 Å². The summed E-state index contributed by atoms with van der Waals surface area (Å²) in [7, 11) is 0. The van der Waals surface area contributed by atoms with Gasteiger partial charge >= 0.3 is 0 Å². The van der Waals surface area contributed by atoms with Crippen molar-refractivity contribution in [2.45, 2.75) is 6.04 Å². The molecule has 30 heavy (non-hydrogen) atoms. The highest BCUT2D eigenvalue weighted by atomic mass is 79.9. The molecule has 0 N–H and O–H groups in total. The summed E-state index contributed by atoms with van der Waals surface area (Å²) in [5.41, 5.74) is 3.96. The maximum Gasteiger partial charge on any atom is 0.271 e. The first-order chi connectivity index (χ1) is 14.7. The van der Waals surface area contributed by atoms with Gasteiger partial charge < -0.3 is 0 Å². The van der Waals surface area contributed by atoms with Crippen LogP contribution < -0.4 is 14.9 Å². The van der Waals surface area contributed by atoms with Gasteiger partial charge in [0.15, 0.2) is 4.80 Å². The average Bonchev–Trinajstić information content (AvgIpc) is 3.10. The van der Waals surface area contributed by atoms with E-state index in [9.17, 15) is 4.79 Å². The predicted molar refractivity (Wildman–Crippen MR) is 126 cm³/mol. The Bertz CT molecular complexity index is 1400. The van der Waals surface area contributed by atoms with Crippen molar-refractivity contribution in [1.82, 2.24) is 4.57 Å². The molecule has 5 heteroatoms. The van der Waals surface area contributed by atoms with Crippen molar-refractivity contribution in [3.05, 3.63) is 132 Å². The van der Waals surface area contributed by atoms with Crippen LogP contribution in [-0.2, 0) is 0 Å². The van der Waals surface area contributed by atoms with Crippen LogP contribution in [0.2, 0.25) is 0 Å². The van der Waals surface area contributed by atoms with Crippen LogP contribution in [0.3, 0.4) is 0 Å². The van der Waals surface area contributed by atoms with Gasteiger partial charge in [0.1, 0.15) is 0 Å². The third-order valence-corrected chi connectivity index (χ3v) is 6.54. The predicted octanol–water partition coefficient (Wildman–Crippen LogP) is 4.76. The van der Waals surface area contributed by atoms with Crippen LogP contribution in [0.4, 0.5) is 0 Å². The average molecular weight is 473 g/mol. The molecule has 0 unspecified atom stereocenters. The Kier molecular flexibility index (Phi) is 5.07. The van der Waals surface area contributed by atoms with Crippen LogP contribution in [0.5, 0.6) is 0 Å². The first kappa shape index (κ1) is 19.0. The van der Waals surface area contributed by atoms with Crippen molar-refractivity contribution in [2.75, 3.05) is 0 Å². The summed E-state index contributed by atoms with van der Waals surface area (Å²) in [5, 5.41) is 0. The summed E-state index contributed by atoms with van der Waals surface area (Å²) >= 11 is 4.93. The van der Waals surface area contributed by atoms with Crippen molar-refractivity contribution in [1.29, 1.82) is 0 Å². The van der Waals surface area contributed by atoms with Gasteiger partial charge in [-0.15, -0.1) is 0 Å². The first-order valence-corrected chi connectivity index (χ1v) is 11.2. The molecule has 4 aromatic rings. The number of allylic oxidation sites excluding steroid dienone is 1. The van der Waals surface area contributed by atoms with E-state index in [-0.39, 0.29) is 11.6 Å². The molecule has 1 aliphatic rings. The van der Waals surface area contributed by atoms with Crippen LogP contribution in [0.15, 0.2) is 105 Å². The van der Waals surface area contributed by atoms with Crippen LogP contribution in [0.1, 0.15) is 22.7 Å². The van der Waals surface area contributed by atoms with Crippen LogP contribution in [-0.4, -0.2) is 4.57 Å². The molecule has 0 bridgehead atoms. The Morgan fingerprint density at radius 1 is 0.900 bits per heavy atom. The maximum atomic E-state index is 13.3. The van der Waals surface area contributed by atoms with Gasteiger partial charge in [-0.1, -0.05) is 100 Å². The monoisotopic (exact) mass is 472 g/mol. The van der Waals surface area contributed by atoms with Crippen molar-refractivity contribution in [2.24, 2.45) is 4.99 Å². The summed E-state index contributed by atoms with van der Waals surface area (Å²) in [6.45, 7) is 0. The van der Waals surface area contributed by atoms with E-state index < -0.39 is 0 Å². The molecule has 1 aliphatic heterocycles. The van der Waals surface area contributed by atoms with E-state index >= 15 is 0 Å².